The molecule has 0 atom stereocenters. The van der Waals surface area contributed by atoms with Crippen LogP contribution in [-0.4, -0.2) is 30.8 Å². The molecule has 0 bridgehead atoms. The zero-order valence-electron chi connectivity index (χ0n) is 15.7. The van der Waals surface area contributed by atoms with Gasteiger partial charge in [0.1, 0.15) is 11.1 Å². The Balaban J connectivity index is 1.86. The largest absolute Gasteiger partial charge is 0.478 e. The molecule has 2 N–H and O–H groups in total. The number of carboxylic acid groups (broad SMARTS) is 1. The number of aromatic amines is 1. The molecule has 4 aromatic rings. The van der Waals surface area contributed by atoms with Crippen molar-refractivity contribution >= 4 is 16.9 Å². The third kappa shape index (κ3) is 3.17. The number of carboxylic acids is 1. The van der Waals surface area contributed by atoms with Gasteiger partial charge in [-0.2, -0.15) is 5.10 Å². The topological polar surface area (TPSA) is 110 Å². The molecule has 10 heteroatoms. The zero-order chi connectivity index (χ0) is 21.6. The molecule has 0 amide bonds. The second kappa shape index (κ2) is 7.07. The summed E-state index contributed by atoms with van der Waals surface area (Å²) in [7, 11) is 0. The van der Waals surface area contributed by atoms with E-state index in [-0.39, 0.29) is 22.8 Å². The van der Waals surface area contributed by atoms with Crippen LogP contribution >= 0.6 is 0 Å². The van der Waals surface area contributed by atoms with E-state index in [4.69, 9.17) is 9.84 Å². The quantitative estimate of drug-likeness (QED) is 0.531. The van der Waals surface area contributed by atoms with Crippen molar-refractivity contribution in [2.75, 3.05) is 0 Å². The third-order valence-corrected chi connectivity index (χ3v) is 4.49. The molecule has 0 radical (unpaired) electrons. The molecule has 2 aromatic carbocycles. The average molecular weight is 412 g/mol. The van der Waals surface area contributed by atoms with Gasteiger partial charge in [-0.3, -0.25) is 9.78 Å². The molecular weight excluding hydrogens is 398 g/mol. The molecule has 0 unspecified atom stereocenters. The minimum absolute atomic E-state index is 0.146. The first-order chi connectivity index (χ1) is 14.3. The summed E-state index contributed by atoms with van der Waals surface area (Å²) in [4.78, 5) is 29.8. The second-order valence-corrected chi connectivity index (χ2v) is 6.59. The van der Waals surface area contributed by atoms with Crippen LogP contribution in [0, 0.1) is 25.5 Å². The predicted octanol–water partition coefficient (Wildman–Crippen LogP) is 3.49. The Morgan fingerprint density at radius 3 is 2.53 bits per heavy atom. The van der Waals surface area contributed by atoms with E-state index in [0.29, 0.717) is 11.1 Å². The number of carbonyl (C=O) groups is 1. The summed E-state index contributed by atoms with van der Waals surface area (Å²) >= 11 is 0. The van der Waals surface area contributed by atoms with E-state index < -0.39 is 34.3 Å². The third-order valence-electron chi connectivity index (χ3n) is 4.49. The van der Waals surface area contributed by atoms with Crippen LogP contribution < -0.4 is 10.3 Å². The SMILES string of the molecule is Cc1cccc(C)c1Oc1c(F)cc2nc(-n3cc(C(=O)O)cn3)[nH]c(=O)c2c1F. The van der Waals surface area contributed by atoms with Crippen molar-refractivity contribution in [3.63, 3.8) is 0 Å². The number of ether oxygens (including phenoxy) is 1. The molecule has 2 heterocycles. The molecule has 0 fully saturated rings. The number of para-hydroxylation sites is 1. The number of aryl methyl sites for hydroxylation is 2. The van der Waals surface area contributed by atoms with Gasteiger partial charge in [-0.15, -0.1) is 0 Å². The maximum atomic E-state index is 15.1. The molecular formula is C20H14F2N4O4. The number of aromatic nitrogens is 4. The van der Waals surface area contributed by atoms with Gasteiger partial charge >= 0.3 is 5.97 Å². The van der Waals surface area contributed by atoms with E-state index in [1.807, 2.05) is 0 Å². The summed E-state index contributed by atoms with van der Waals surface area (Å²) in [6.45, 7) is 3.46. The van der Waals surface area contributed by atoms with Crippen LogP contribution in [0.3, 0.4) is 0 Å². The van der Waals surface area contributed by atoms with Gasteiger partial charge in [0.15, 0.2) is 17.4 Å². The maximum absolute atomic E-state index is 15.1. The van der Waals surface area contributed by atoms with Crippen molar-refractivity contribution in [2.45, 2.75) is 13.8 Å². The fraction of sp³-hybridized carbons (Fsp3) is 0.100. The minimum atomic E-state index is -1.23. The van der Waals surface area contributed by atoms with E-state index in [1.165, 1.54) is 0 Å². The van der Waals surface area contributed by atoms with Crippen molar-refractivity contribution in [3.8, 4) is 17.4 Å². The molecule has 2 aromatic heterocycles. The first-order valence-electron chi connectivity index (χ1n) is 8.70. The highest BCUT2D eigenvalue weighted by molar-refractivity contribution is 5.87. The summed E-state index contributed by atoms with van der Waals surface area (Å²) < 4.78 is 36.2. The predicted molar refractivity (Wildman–Crippen MR) is 102 cm³/mol. The molecule has 0 aliphatic rings. The number of fused-ring (bicyclic) bond motifs is 1. The van der Waals surface area contributed by atoms with Gasteiger partial charge in [-0.1, -0.05) is 18.2 Å². The summed E-state index contributed by atoms with van der Waals surface area (Å²) in [6, 6.07) is 6.12. The second-order valence-electron chi connectivity index (χ2n) is 6.59. The van der Waals surface area contributed by atoms with Crippen molar-refractivity contribution in [1.82, 2.24) is 19.7 Å². The molecule has 0 saturated heterocycles. The highest BCUT2D eigenvalue weighted by atomic mass is 19.1. The van der Waals surface area contributed by atoms with Crippen molar-refractivity contribution in [1.29, 1.82) is 0 Å². The van der Waals surface area contributed by atoms with E-state index in [9.17, 15) is 14.0 Å². The van der Waals surface area contributed by atoms with Crippen LogP contribution in [0.1, 0.15) is 21.5 Å². The normalized spacial score (nSPS) is 11.1. The standard InChI is InChI=1S/C20H14F2N4O4/c1-9-4-3-5-10(2)16(9)30-17-12(21)6-13-14(15(17)22)18(27)25-20(24-13)26-8-11(7-23-26)19(28)29/h3-8H,1-2H3,(H,28,29)(H,24,25,27). The van der Waals surface area contributed by atoms with Crippen LogP contribution in [-0.2, 0) is 0 Å². The summed E-state index contributed by atoms with van der Waals surface area (Å²) in [5.74, 6) is -4.09. The van der Waals surface area contributed by atoms with Crippen LogP contribution in [0.15, 0.2) is 41.5 Å². The number of benzene rings is 2. The van der Waals surface area contributed by atoms with E-state index in [0.717, 1.165) is 23.1 Å². The number of hydrogen-bond donors (Lipinski definition) is 2. The van der Waals surface area contributed by atoms with Gasteiger partial charge in [0, 0.05) is 12.3 Å². The van der Waals surface area contributed by atoms with Gasteiger partial charge < -0.3 is 9.84 Å². The molecule has 0 aliphatic carbocycles. The van der Waals surface area contributed by atoms with Crippen LogP contribution in [0.25, 0.3) is 16.9 Å². The van der Waals surface area contributed by atoms with Crippen molar-refractivity contribution < 1.29 is 23.4 Å². The van der Waals surface area contributed by atoms with Crippen LogP contribution in [0.4, 0.5) is 8.78 Å². The lowest BCUT2D eigenvalue weighted by Crippen LogP contribution is -2.16. The number of H-pyrrole nitrogens is 1. The van der Waals surface area contributed by atoms with Gasteiger partial charge in [-0.25, -0.2) is 23.2 Å². The maximum Gasteiger partial charge on any atom is 0.338 e. The molecule has 30 heavy (non-hydrogen) atoms. The Morgan fingerprint density at radius 2 is 1.90 bits per heavy atom. The number of nitrogens with one attached hydrogen (secondary N) is 1. The molecule has 8 nitrogen and oxygen atoms in total. The Morgan fingerprint density at radius 1 is 1.20 bits per heavy atom. The van der Waals surface area contributed by atoms with Crippen molar-refractivity contribution in [2.24, 2.45) is 0 Å². The highest BCUT2D eigenvalue weighted by Gasteiger charge is 2.22. The smallest absolute Gasteiger partial charge is 0.338 e. The lowest BCUT2D eigenvalue weighted by molar-refractivity contribution is 0.0697. The molecule has 152 valence electrons. The van der Waals surface area contributed by atoms with E-state index >= 15 is 4.39 Å². The first-order valence-corrected chi connectivity index (χ1v) is 8.70. The Hall–Kier alpha value is -4.08. The van der Waals surface area contributed by atoms with Crippen molar-refractivity contribution in [3.05, 3.63) is 75.3 Å². The van der Waals surface area contributed by atoms with Gasteiger partial charge in [0.2, 0.25) is 5.95 Å². The number of rotatable bonds is 4. The van der Waals surface area contributed by atoms with E-state index in [1.54, 1.807) is 32.0 Å². The Bertz CT molecular complexity index is 1360. The van der Waals surface area contributed by atoms with Crippen LogP contribution in [0.2, 0.25) is 0 Å². The Kier molecular flexibility index (Phi) is 4.53. The van der Waals surface area contributed by atoms with Gasteiger partial charge in [0.25, 0.3) is 5.56 Å². The molecule has 0 saturated carbocycles. The number of aromatic carboxylic acids is 1. The number of hydrogen-bond acceptors (Lipinski definition) is 5. The summed E-state index contributed by atoms with van der Waals surface area (Å²) in [5, 5.41) is 12.3. The van der Waals surface area contributed by atoms with E-state index in [2.05, 4.69) is 15.1 Å². The minimum Gasteiger partial charge on any atom is -0.478 e. The lowest BCUT2D eigenvalue weighted by atomic mass is 10.1. The fourth-order valence-corrected chi connectivity index (χ4v) is 3.01. The fourth-order valence-electron chi connectivity index (χ4n) is 3.01. The van der Waals surface area contributed by atoms with Gasteiger partial charge in [0.05, 0.1) is 17.3 Å². The highest BCUT2D eigenvalue weighted by Crippen LogP contribution is 2.34. The zero-order valence-corrected chi connectivity index (χ0v) is 15.7. The molecule has 0 aliphatic heterocycles. The average Bonchev–Trinajstić information content (AvgIpc) is 3.17. The first kappa shape index (κ1) is 19.2. The number of halogens is 2. The van der Waals surface area contributed by atoms with Gasteiger partial charge in [-0.05, 0) is 25.0 Å². The number of nitrogens with zero attached hydrogens (tertiary/aromatic N) is 3. The monoisotopic (exact) mass is 412 g/mol. The Labute approximate surface area is 167 Å². The van der Waals surface area contributed by atoms with Crippen LogP contribution in [0.5, 0.6) is 11.5 Å². The lowest BCUT2D eigenvalue weighted by Gasteiger charge is -2.14. The summed E-state index contributed by atoms with van der Waals surface area (Å²) in [6.07, 6.45) is 2.16. The molecule has 0 spiro atoms. The molecule has 4 rings (SSSR count). The summed E-state index contributed by atoms with van der Waals surface area (Å²) in [5.41, 5.74) is 0.0251.